The van der Waals surface area contributed by atoms with Crippen molar-refractivity contribution >= 4 is 18.3 Å². The summed E-state index contributed by atoms with van der Waals surface area (Å²) in [6, 6.07) is 0. The molecule has 0 saturated heterocycles. The minimum atomic E-state index is 0. The van der Waals surface area contributed by atoms with Crippen LogP contribution in [-0.4, -0.2) is 39.3 Å². The summed E-state index contributed by atoms with van der Waals surface area (Å²) in [5.41, 5.74) is 0.251. The molecule has 0 aromatic rings. The molecule has 1 fully saturated rings. The molecule has 1 amide bonds. The van der Waals surface area contributed by atoms with Crippen LogP contribution in [0.1, 0.15) is 27.7 Å². The van der Waals surface area contributed by atoms with Gasteiger partial charge in [-0.1, -0.05) is 27.7 Å². The molecule has 1 saturated carbocycles. The van der Waals surface area contributed by atoms with Crippen LogP contribution < -0.4 is 10.6 Å². The van der Waals surface area contributed by atoms with Crippen molar-refractivity contribution in [1.82, 2.24) is 10.6 Å². The number of ether oxygens (including phenoxy) is 1. The van der Waals surface area contributed by atoms with E-state index in [1.165, 1.54) is 0 Å². The van der Waals surface area contributed by atoms with Crippen LogP contribution in [0.15, 0.2) is 0 Å². The van der Waals surface area contributed by atoms with E-state index >= 15 is 0 Å². The molecular formula is C13H27ClN2O2. The third kappa shape index (κ3) is 3.59. The van der Waals surface area contributed by atoms with Crippen LogP contribution in [0.2, 0.25) is 0 Å². The smallest absolute Gasteiger partial charge is 0.224 e. The van der Waals surface area contributed by atoms with Crippen LogP contribution >= 0.6 is 12.4 Å². The Labute approximate surface area is 117 Å². The van der Waals surface area contributed by atoms with Gasteiger partial charge in [-0.2, -0.15) is 0 Å². The fourth-order valence-corrected chi connectivity index (χ4v) is 2.53. The van der Waals surface area contributed by atoms with E-state index in [4.69, 9.17) is 4.74 Å². The first kappa shape index (κ1) is 17.7. The lowest BCUT2D eigenvalue weighted by Gasteiger charge is -2.07. The quantitative estimate of drug-likeness (QED) is 0.693. The van der Waals surface area contributed by atoms with E-state index in [1.807, 2.05) is 0 Å². The van der Waals surface area contributed by atoms with Gasteiger partial charge in [0.2, 0.25) is 5.91 Å². The van der Waals surface area contributed by atoms with Crippen LogP contribution in [0.4, 0.5) is 0 Å². The van der Waals surface area contributed by atoms with Crippen molar-refractivity contribution in [2.75, 3.05) is 33.4 Å². The molecule has 108 valence electrons. The van der Waals surface area contributed by atoms with Gasteiger partial charge >= 0.3 is 0 Å². The molecule has 0 unspecified atom stereocenters. The molecular weight excluding hydrogens is 252 g/mol. The van der Waals surface area contributed by atoms with E-state index in [1.54, 1.807) is 7.11 Å². The highest BCUT2D eigenvalue weighted by Gasteiger charge is 2.68. The maximum Gasteiger partial charge on any atom is 0.224 e. The monoisotopic (exact) mass is 278 g/mol. The van der Waals surface area contributed by atoms with E-state index < -0.39 is 0 Å². The van der Waals surface area contributed by atoms with Crippen molar-refractivity contribution in [3.63, 3.8) is 0 Å². The van der Waals surface area contributed by atoms with Crippen LogP contribution in [0, 0.1) is 16.7 Å². The SMILES string of the molecule is COCCNCCNC(=O)C1C(C)(C)C1(C)C.Cl. The van der Waals surface area contributed by atoms with Gasteiger partial charge in [0.1, 0.15) is 0 Å². The van der Waals surface area contributed by atoms with Gasteiger partial charge in [-0.25, -0.2) is 0 Å². The number of nitrogens with one attached hydrogen (secondary N) is 2. The third-order valence-electron chi connectivity index (χ3n) is 4.37. The first-order valence-electron chi connectivity index (χ1n) is 6.33. The number of hydrogen-bond donors (Lipinski definition) is 2. The van der Waals surface area contributed by atoms with Gasteiger partial charge < -0.3 is 15.4 Å². The predicted molar refractivity (Wildman–Crippen MR) is 76.1 cm³/mol. The number of rotatable bonds is 7. The lowest BCUT2D eigenvalue weighted by molar-refractivity contribution is -0.123. The Morgan fingerprint density at radius 1 is 1.11 bits per heavy atom. The highest BCUT2D eigenvalue weighted by Crippen LogP contribution is 2.68. The molecule has 1 aliphatic carbocycles. The molecule has 0 aliphatic heterocycles. The Morgan fingerprint density at radius 3 is 2.11 bits per heavy atom. The zero-order valence-corrected chi connectivity index (χ0v) is 12.9. The standard InChI is InChI=1S/C13H26N2O2.ClH/c1-12(2)10(13(12,3)4)11(16)15-7-6-14-8-9-17-5;/h10,14H,6-9H2,1-5H3,(H,15,16);1H. The maximum absolute atomic E-state index is 12.0. The van der Waals surface area contributed by atoms with Crippen molar-refractivity contribution in [3.8, 4) is 0 Å². The molecule has 0 aromatic carbocycles. The topological polar surface area (TPSA) is 50.4 Å². The molecule has 0 heterocycles. The van der Waals surface area contributed by atoms with Gasteiger partial charge in [-0.15, -0.1) is 12.4 Å². The molecule has 0 spiro atoms. The third-order valence-corrected chi connectivity index (χ3v) is 4.37. The Kier molecular flexibility index (Phi) is 6.61. The highest BCUT2D eigenvalue weighted by atomic mass is 35.5. The molecule has 1 aliphatic rings. The van der Waals surface area contributed by atoms with Gasteiger partial charge in [0.05, 0.1) is 6.61 Å². The Bertz CT molecular complexity index is 266. The van der Waals surface area contributed by atoms with Gasteiger partial charge in [0.25, 0.3) is 0 Å². The number of carbonyl (C=O) groups excluding carboxylic acids is 1. The number of halogens is 1. The summed E-state index contributed by atoms with van der Waals surface area (Å²) in [5, 5.41) is 6.19. The predicted octanol–water partition coefficient (Wildman–Crippen LogP) is 1.44. The second kappa shape index (κ2) is 6.73. The molecule has 0 aromatic heterocycles. The summed E-state index contributed by atoms with van der Waals surface area (Å²) in [6.45, 7) is 11.7. The zero-order chi connectivity index (χ0) is 13.1. The van der Waals surface area contributed by atoms with E-state index in [2.05, 4.69) is 38.3 Å². The first-order valence-corrected chi connectivity index (χ1v) is 6.33. The summed E-state index contributed by atoms with van der Waals surface area (Å²) in [6.07, 6.45) is 0. The summed E-state index contributed by atoms with van der Waals surface area (Å²) in [5.74, 6) is 0.336. The van der Waals surface area contributed by atoms with Crippen molar-refractivity contribution < 1.29 is 9.53 Å². The van der Waals surface area contributed by atoms with E-state index in [-0.39, 0.29) is 35.1 Å². The number of carbonyl (C=O) groups is 1. The molecule has 0 atom stereocenters. The van der Waals surface area contributed by atoms with E-state index in [0.717, 1.165) is 13.1 Å². The van der Waals surface area contributed by atoms with Crippen molar-refractivity contribution in [3.05, 3.63) is 0 Å². The normalized spacial score (nSPS) is 20.1. The lowest BCUT2D eigenvalue weighted by Crippen LogP contribution is -2.34. The van der Waals surface area contributed by atoms with Crippen LogP contribution in [0.5, 0.6) is 0 Å². The highest BCUT2D eigenvalue weighted by molar-refractivity contribution is 5.85. The van der Waals surface area contributed by atoms with Gasteiger partial charge in [0.15, 0.2) is 0 Å². The van der Waals surface area contributed by atoms with Crippen LogP contribution in [-0.2, 0) is 9.53 Å². The van der Waals surface area contributed by atoms with Gasteiger partial charge in [-0.3, -0.25) is 4.79 Å². The minimum absolute atomic E-state index is 0. The number of methoxy groups -OCH3 is 1. The van der Waals surface area contributed by atoms with Crippen LogP contribution in [0.25, 0.3) is 0 Å². The lowest BCUT2D eigenvalue weighted by atomic mass is 10.0. The molecule has 5 heteroatoms. The number of amides is 1. The number of hydrogen-bond acceptors (Lipinski definition) is 3. The van der Waals surface area contributed by atoms with Gasteiger partial charge in [-0.05, 0) is 10.8 Å². The average molecular weight is 279 g/mol. The summed E-state index contributed by atoms with van der Waals surface area (Å²) >= 11 is 0. The summed E-state index contributed by atoms with van der Waals surface area (Å²) in [4.78, 5) is 12.0. The maximum atomic E-state index is 12.0. The first-order chi connectivity index (χ1) is 7.85. The summed E-state index contributed by atoms with van der Waals surface area (Å²) < 4.78 is 4.92. The fraction of sp³-hybridized carbons (Fsp3) is 0.923. The summed E-state index contributed by atoms with van der Waals surface area (Å²) in [7, 11) is 1.68. The molecule has 0 radical (unpaired) electrons. The molecule has 0 bridgehead atoms. The van der Waals surface area contributed by atoms with Crippen molar-refractivity contribution in [2.45, 2.75) is 27.7 Å². The van der Waals surface area contributed by atoms with E-state index in [9.17, 15) is 4.79 Å². The Balaban J connectivity index is 0.00000289. The molecule has 1 rings (SSSR count). The molecule has 18 heavy (non-hydrogen) atoms. The second-order valence-electron chi connectivity index (χ2n) is 5.91. The fourth-order valence-electron chi connectivity index (χ4n) is 2.53. The molecule has 2 N–H and O–H groups in total. The van der Waals surface area contributed by atoms with Crippen molar-refractivity contribution in [2.24, 2.45) is 16.7 Å². The van der Waals surface area contributed by atoms with Crippen LogP contribution in [0.3, 0.4) is 0 Å². The minimum Gasteiger partial charge on any atom is -0.383 e. The zero-order valence-electron chi connectivity index (χ0n) is 12.1. The second-order valence-corrected chi connectivity index (χ2v) is 5.91. The Hall–Kier alpha value is -0.320. The Morgan fingerprint density at radius 2 is 1.67 bits per heavy atom. The largest absolute Gasteiger partial charge is 0.383 e. The van der Waals surface area contributed by atoms with Gasteiger partial charge in [0, 0.05) is 32.7 Å². The van der Waals surface area contributed by atoms with E-state index in [0.29, 0.717) is 13.2 Å². The molecule has 4 nitrogen and oxygen atoms in total. The average Bonchev–Trinajstić information content (AvgIpc) is 2.63. The van der Waals surface area contributed by atoms with Crippen molar-refractivity contribution in [1.29, 1.82) is 0 Å².